The molecule has 2 rings (SSSR count). The van der Waals surface area contributed by atoms with Gasteiger partial charge in [0.2, 0.25) is 5.75 Å². The normalized spacial score (nSPS) is 23.8. The van der Waals surface area contributed by atoms with E-state index >= 15 is 0 Å². The molecule has 1 aliphatic heterocycles. The fourth-order valence-corrected chi connectivity index (χ4v) is 3.75. The highest BCUT2D eigenvalue weighted by molar-refractivity contribution is 5.54. The van der Waals surface area contributed by atoms with Gasteiger partial charge in [0.25, 0.3) is 0 Å². The molecule has 0 aromatic heterocycles. The lowest BCUT2D eigenvalue weighted by molar-refractivity contribution is -0.0636. The number of rotatable bonds is 6. The summed E-state index contributed by atoms with van der Waals surface area (Å²) in [4.78, 5) is 0. The summed E-state index contributed by atoms with van der Waals surface area (Å²) in [5, 5.41) is 24.5. The molecule has 0 amide bonds. The molecular weight excluding hydrogens is 318 g/mol. The quantitative estimate of drug-likeness (QED) is 0.673. The maximum atomic E-state index is 10.5. The minimum absolute atomic E-state index is 0.0140. The molecule has 1 saturated heterocycles. The minimum atomic E-state index is -0.547. The second-order valence-electron chi connectivity index (χ2n) is 8.86. The van der Waals surface area contributed by atoms with Crippen molar-refractivity contribution in [3.05, 3.63) is 17.7 Å². The smallest absolute Gasteiger partial charge is 0.205 e. The van der Waals surface area contributed by atoms with E-state index in [2.05, 4.69) is 39.9 Å². The first-order chi connectivity index (χ1) is 11.4. The Morgan fingerprint density at radius 3 is 2.12 bits per heavy atom. The van der Waals surface area contributed by atoms with Gasteiger partial charge in [-0.15, -0.1) is 0 Å². The lowest BCUT2D eigenvalue weighted by Gasteiger charge is -2.60. The Balaban J connectivity index is 2.41. The summed E-state index contributed by atoms with van der Waals surface area (Å²) in [6.07, 6.45) is 0.344. The van der Waals surface area contributed by atoms with Gasteiger partial charge < -0.3 is 25.0 Å². The van der Waals surface area contributed by atoms with E-state index < -0.39 is 6.29 Å². The van der Waals surface area contributed by atoms with E-state index in [-0.39, 0.29) is 33.6 Å². The molecule has 2 atom stereocenters. The van der Waals surface area contributed by atoms with Crippen LogP contribution in [0.1, 0.15) is 60.5 Å². The second kappa shape index (κ2) is 6.69. The largest absolute Gasteiger partial charge is 0.504 e. The zero-order valence-corrected chi connectivity index (χ0v) is 16.6. The molecule has 0 radical (unpaired) electrons. The Morgan fingerprint density at radius 1 is 1.20 bits per heavy atom. The van der Waals surface area contributed by atoms with Crippen LogP contribution in [-0.2, 0) is 10.3 Å². The lowest BCUT2D eigenvalue weighted by atomic mass is 9.57. The Bertz CT molecular complexity index is 598. The summed E-state index contributed by atoms with van der Waals surface area (Å²) in [6, 6.07) is 3.40. The van der Waals surface area contributed by atoms with Crippen LogP contribution >= 0.6 is 0 Å². The molecule has 2 unspecified atom stereocenters. The molecule has 1 aromatic carbocycles. The van der Waals surface area contributed by atoms with E-state index in [1.807, 2.05) is 6.92 Å². The molecule has 1 heterocycles. The number of benzene rings is 1. The van der Waals surface area contributed by atoms with Crippen LogP contribution in [0.15, 0.2) is 12.1 Å². The van der Waals surface area contributed by atoms with Crippen molar-refractivity contribution in [2.45, 2.75) is 66.7 Å². The van der Waals surface area contributed by atoms with Crippen molar-refractivity contribution in [1.29, 1.82) is 0 Å². The van der Waals surface area contributed by atoms with Crippen LogP contribution in [-0.4, -0.2) is 29.7 Å². The fourth-order valence-electron chi connectivity index (χ4n) is 3.75. The molecule has 0 aliphatic carbocycles. The summed E-state index contributed by atoms with van der Waals surface area (Å²) in [7, 11) is 0. The van der Waals surface area contributed by atoms with Crippen molar-refractivity contribution in [2.75, 3.05) is 13.2 Å². The van der Waals surface area contributed by atoms with Crippen molar-refractivity contribution >= 4 is 0 Å². The number of phenols is 2. The maximum absolute atomic E-state index is 10.5. The first-order valence-electron chi connectivity index (χ1n) is 9.01. The van der Waals surface area contributed by atoms with E-state index in [9.17, 15) is 10.2 Å². The van der Waals surface area contributed by atoms with Crippen LogP contribution in [0.2, 0.25) is 0 Å². The molecule has 1 aromatic rings. The van der Waals surface area contributed by atoms with E-state index in [1.54, 1.807) is 19.1 Å². The standard InChI is InChI=1S/C20H33NO4/c1-8-24-13(2)25-17-15(22)9-14(10-16(17)23)20(11-18(3,4)5)19(6,7)12-21-20/h9-10,13,21-23H,8,11-12H2,1-7H3. The van der Waals surface area contributed by atoms with Gasteiger partial charge in [0.05, 0.1) is 5.54 Å². The lowest BCUT2D eigenvalue weighted by Crippen LogP contribution is -2.69. The maximum Gasteiger partial charge on any atom is 0.205 e. The Kier molecular flexibility index (Phi) is 5.31. The number of nitrogens with one attached hydrogen (secondary N) is 1. The second-order valence-corrected chi connectivity index (χ2v) is 8.86. The Morgan fingerprint density at radius 2 is 1.76 bits per heavy atom. The summed E-state index contributed by atoms with van der Waals surface area (Å²) < 4.78 is 10.9. The number of aromatic hydroxyl groups is 2. The average Bonchev–Trinajstić information content (AvgIpc) is 2.46. The van der Waals surface area contributed by atoms with Gasteiger partial charge in [-0.05, 0) is 48.8 Å². The third-order valence-corrected chi connectivity index (χ3v) is 5.01. The van der Waals surface area contributed by atoms with Crippen LogP contribution in [0.3, 0.4) is 0 Å². The predicted molar refractivity (Wildman–Crippen MR) is 99.0 cm³/mol. The van der Waals surface area contributed by atoms with Crippen molar-refractivity contribution in [2.24, 2.45) is 10.8 Å². The monoisotopic (exact) mass is 351 g/mol. The third-order valence-electron chi connectivity index (χ3n) is 5.01. The van der Waals surface area contributed by atoms with Crippen LogP contribution in [0.25, 0.3) is 0 Å². The van der Waals surface area contributed by atoms with Crippen molar-refractivity contribution in [1.82, 2.24) is 5.32 Å². The third kappa shape index (κ3) is 3.87. The van der Waals surface area contributed by atoms with Gasteiger partial charge >= 0.3 is 0 Å². The molecule has 5 heteroatoms. The van der Waals surface area contributed by atoms with E-state index in [1.165, 1.54) is 0 Å². The van der Waals surface area contributed by atoms with Gasteiger partial charge in [-0.1, -0.05) is 34.6 Å². The summed E-state index contributed by atoms with van der Waals surface area (Å²) in [5.41, 5.74) is 0.684. The highest BCUT2D eigenvalue weighted by Crippen LogP contribution is 2.54. The zero-order chi connectivity index (χ0) is 19.0. The van der Waals surface area contributed by atoms with Gasteiger partial charge in [0.15, 0.2) is 17.8 Å². The summed E-state index contributed by atoms with van der Waals surface area (Å²) in [5.74, 6) is -0.0774. The number of ether oxygens (including phenoxy) is 2. The minimum Gasteiger partial charge on any atom is -0.504 e. The van der Waals surface area contributed by atoms with Crippen LogP contribution < -0.4 is 10.1 Å². The molecule has 0 spiro atoms. The molecule has 1 fully saturated rings. The molecule has 0 saturated carbocycles. The van der Waals surface area contributed by atoms with E-state index in [0.29, 0.717) is 6.61 Å². The summed E-state index contributed by atoms with van der Waals surface area (Å²) >= 11 is 0. The molecule has 0 bridgehead atoms. The first-order valence-corrected chi connectivity index (χ1v) is 9.01. The van der Waals surface area contributed by atoms with Gasteiger partial charge in [-0.3, -0.25) is 0 Å². The molecule has 25 heavy (non-hydrogen) atoms. The van der Waals surface area contributed by atoms with Gasteiger partial charge in [0.1, 0.15) is 0 Å². The van der Waals surface area contributed by atoms with Gasteiger partial charge in [-0.2, -0.15) is 0 Å². The topological polar surface area (TPSA) is 71.0 Å². The summed E-state index contributed by atoms with van der Waals surface area (Å²) in [6.45, 7) is 16.0. The van der Waals surface area contributed by atoms with Crippen molar-refractivity contribution in [3.8, 4) is 17.2 Å². The number of phenolic OH excluding ortho intramolecular Hbond substituents is 2. The Labute approximate surface area is 151 Å². The highest BCUT2D eigenvalue weighted by Gasteiger charge is 2.55. The molecule has 142 valence electrons. The van der Waals surface area contributed by atoms with Crippen LogP contribution in [0.5, 0.6) is 17.2 Å². The predicted octanol–water partition coefficient (Wildman–Crippen LogP) is 4.12. The molecule has 3 N–H and O–H groups in total. The number of hydrogen-bond acceptors (Lipinski definition) is 5. The van der Waals surface area contributed by atoms with Crippen molar-refractivity contribution < 1.29 is 19.7 Å². The van der Waals surface area contributed by atoms with Crippen LogP contribution in [0, 0.1) is 10.8 Å². The SMILES string of the molecule is CCOC(C)Oc1c(O)cc(C2(CC(C)(C)C)NCC2(C)C)cc1O. The highest BCUT2D eigenvalue weighted by atomic mass is 16.7. The van der Waals surface area contributed by atoms with E-state index in [4.69, 9.17) is 9.47 Å². The first kappa shape index (κ1) is 19.9. The fraction of sp³-hybridized carbons (Fsp3) is 0.700. The average molecular weight is 351 g/mol. The molecule has 1 aliphatic rings. The number of hydrogen-bond donors (Lipinski definition) is 3. The van der Waals surface area contributed by atoms with Gasteiger partial charge in [-0.25, -0.2) is 0 Å². The van der Waals surface area contributed by atoms with E-state index in [0.717, 1.165) is 18.5 Å². The van der Waals surface area contributed by atoms with Crippen molar-refractivity contribution in [3.63, 3.8) is 0 Å². The molecule has 5 nitrogen and oxygen atoms in total. The Hall–Kier alpha value is -1.46. The zero-order valence-electron chi connectivity index (χ0n) is 16.6. The van der Waals surface area contributed by atoms with Crippen LogP contribution in [0.4, 0.5) is 0 Å². The molecular formula is C20H33NO4. The van der Waals surface area contributed by atoms with Gasteiger partial charge in [0, 0.05) is 13.2 Å².